The van der Waals surface area contributed by atoms with Crippen LogP contribution >= 0.6 is 0 Å². The van der Waals surface area contributed by atoms with Crippen molar-refractivity contribution >= 4 is 11.6 Å². The molecule has 0 radical (unpaired) electrons. The summed E-state index contributed by atoms with van der Waals surface area (Å²) < 4.78 is 0. The summed E-state index contributed by atoms with van der Waals surface area (Å²) in [5.41, 5.74) is 4.13. The molecule has 1 aromatic rings. The summed E-state index contributed by atoms with van der Waals surface area (Å²) in [4.78, 5) is 19.0. The number of nitrogens with zero attached hydrogens (tertiary/aromatic N) is 2. The Morgan fingerprint density at radius 3 is 2.56 bits per heavy atom. The number of fused-ring (bicyclic) bond motifs is 1. The number of hydrogen-bond donors (Lipinski definition) is 1. The molecule has 148 valence electrons. The van der Waals surface area contributed by atoms with Crippen LogP contribution in [0.3, 0.4) is 0 Å². The molecular weight excluding hydrogens is 334 g/mol. The van der Waals surface area contributed by atoms with Gasteiger partial charge >= 0.3 is 0 Å². The molecule has 1 saturated carbocycles. The molecule has 3 aliphatic rings. The van der Waals surface area contributed by atoms with E-state index in [1.807, 2.05) is 0 Å². The van der Waals surface area contributed by atoms with Crippen LogP contribution in [0.1, 0.15) is 43.2 Å². The molecule has 2 aliphatic heterocycles. The van der Waals surface area contributed by atoms with Gasteiger partial charge in [0.1, 0.15) is 0 Å². The van der Waals surface area contributed by atoms with Gasteiger partial charge in [0.2, 0.25) is 0 Å². The van der Waals surface area contributed by atoms with Gasteiger partial charge in [-0.15, -0.1) is 0 Å². The zero-order chi connectivity index (χ0) is 18.8. The van der Waals surface area contributed by atoms with Crippen molar-refractivity contribution in [2.45, 2.75) is 46.0 Å². The number of quaternary nitrogens is 1. The monoisotopic (exact) mass is 370 g/mol. The number of piperidine rings is 1. The average Bonchev–Trinajstić information content (AvgIpc) is 2.70. The van der Waals surface area contributed by atoms with Crippen molar-refractivity contribution in [1.82, 2.24) is 4.90 Å². The molecule has 0 aromatic heterocycles. The maximum atomic E-state index is 12.9. The third kappa shape index (κ3) is 4.16. The van der Waals surface area contributed by atoms with Gasteiger partial charge in [0, 0.05) is 18.8 Å². The molecule has 27 heavy (non-hydrogen) atoms. The van der Waals surface area contributed by atoms with Crippen molar-refractivity contribution in [3.63, 3.8) is 0 Å². The van der Waals surface area contributed by atoms with E-state index in [2.05, 4.69) is 41.8 Å². The summed E-state index contributed by atoms with van der Waals surface area (Å²) >= 11 is 0. The Morgan fingerprint density at radius 2 is 1.78 bits per heavy atom. The summed E-state index contributed by atoms with van der Waals surface area (Å²) in [6.45, 7) is 11.4. The van der Waals surface area contributed by atoms with E-state index in [1.165, 1.54) is 53.8 Å². The molecule has 4 rings (SSSR count). The normalized spacial score (nSPS) is 26.7. The fraction of sp³-hybridized carbons (Fsp3) is 0.696. The van der Waals surface area contributed by atoms with Gasteiger partial charge in [0.05, 0.1) is 26.2 Å². The SMILES string of the molecule is Cc1cccc(N2CC[NH+](CC(=O)N3CC[C@H]4CCCC[C@H]4C3)CC2)c1C. The van der Waals surface area contributed by atoms with Crippen molar-refractivity contribution in [1.29, 1.82) is 0 Å². The van der Waals surface area contributed by atoms with E-state index < -0.39 is 0 Å². The van der Waals surface area contributed by atoms with Gasteiger partial charge in [0.15, 0.2) is 6.54 Å². The first-order chi connectivity index (χ1) is 13.1. The number of benzene rings is 1. The fourth-order valence-electron chi connectivity index (χ4n) is 5.47. The smallest absolute Gasteiger partial charge is 0.277 e. The molecule has 1 amide bonds. The van der Waals surface area contributed by atoms with E-state index in [1.54, 1.807) is 0 Å². The number of amides is 1. The number of carbonyl (C=O) groups is 1. The lowest BCUT2D eigenvalue weighted by Gasteiger charge is -2.42. The first-order valence-electron chi connectivity index (χ1n) is 11.0. The molecule has 1 N–H and O–H groups in total. The predicted molar refractivity (Wildman–Crippen MR) is 110 cm³/mol. The average molecular weight is 371 g/mol. The minimum absolute atomic E-state index is 0.397. The third-order valence-corrected chi connectivity index (χ3v) is 7.43. The van der Waals surface area contributed by atoms with Gasteiger partial charge in [-0.3, -0.25) is 4.79 Å². The lowest BCUT2D eigenvalue weighted by molar-refractivity contribution is -0.892. The van der Waals surface area contributed by atoms with Crippen LogP contribution in [-0.4, -0.2) is 56.6 Å². The van der Waals surface area contributed by atoms with E-state index in [9.17, 15) is 4.79 Å². The van der Waals surface area contributed by atoms with Crippen LogP contribution in [-0.2, 0) is 4.79 Å². The second kappa shape index (κ2) is 8.22. The Kier molecular flexibility index (Phi) is 5.72. The maximum absolute atomic E-state index is 12.9. The van der Waals surface area contributed by atoms with Crippen LogP contribution in [0.2, 0.25) is 0 Å². The molecule has 0 bridgehead atoms. The quantitative estimate of drug-likeness (QED) is 0.882. The molecule has 3 fully saturated rings. The minimum atomic E-state index is 0.397. The van der Waals surface area contributed by atoms with Crippen LogP contribution in [0.25, 0.3) is 0 Å². The fourth-order valence-corrected chi connectivity index (χ4v) is 5.47. The largest absolute Gasteiger partial charge is 0.360 e. The zero-order valence-corrected chi connectivity index (χ0v) is 17.2. The molecule has 1 aromatic carbocycles. The zero-order valence-electron chi connectivity index (χ0n) is 17.2. The highest BCUT2D eigenvalue weighted by Gasteiger charge is 2.34. The van der Waals surface area contributed by atoms with E-state index in [0.717, 1.165) is 51.1 Å². The van der Waals surface area contributed by atoms with Crippen molar-refractivity contribution < 1.29 is 9.69 Å². The van der Waals surface area contributed by atoms with Crippen LogP contribution in [0.15, 0.2) is 18.2 Å². The van der Waals surface area contributed by atoms with Crippen LogP contribution in [0, 0.1) is 25.7 Å². The Balaban J connectivity index is 1.28. The number of likely N-dealkylation sites (tertiary alicyclic amines) is 1. The van der Waals surface area contributed by atoms with Gasteiger partial charge in [-0.2, -0.15) is 0 Å². The highest BCUT2D eigenvalue weighted by Crippen LogP contribution is 2.35. The molecule has 4 heteroatoms. The second-order valence-electron chi connectivity index (χ2n) is 9.07. The summed E-state index contributed by atoms with van der Waals surface area (Å²) in [5, 5.41) is 0. The Hall–Kier alpha value is -1.55. The summed E-state index contributed by atoms with van der Waals surface area (Å²) in [5.74, 6) is 2.08. The molecular formula is C23H36N3O+. The third-order valence-electron chi connectivity index (χ3n) is 7.43. The second-order valence-corrected chi connectivity index (χ2v) is 9.07. The highest BCUT2D eigenvalue weighted by atomic mass is 16.2. The highest BCUT2D eigenvalue weighted by molar-refractivity contribution is 5.77. The molecule has 2 atom stereocenters. The molecule has 1 aliphatic carbocycles. The van der Waals surface area contributed by atoms with E-state index in [0.29, 0.717) is 12.5 Å². The van der Waals surface area contributed by atoms with E-state index in [-0.39, 0.29) is 0 Å². The number of carbonyl (C=O) groups excluding carboxylic acids is 1. The first-order valence-corrected chi connectivity index (χ1v) is 11.0. The Labute approximate surface area is 164 Å². The Bertz CT molecular complexity index is 666. The topological polar surface area (TPSA) is 28.0 Å². The van der Waals surface area contributed by atoms with Gasteiger partial charge in [-0.1, -0.05) is 31.4 Å². The van der Waals surface area contributed by atoms with Crippen molar-refractivity contribution in [3.8, 4) is 0 Å². The van der Waals surface area contributed by atoms with Gasteiger partial charge in [0.25, 0.3) is 5.91 Å². The number of nitrogens with one attached hydrogen (secondary N) is 1. The van der Waals surface area contributed by atoms with Gasteiger partial charge in [-0.05, 0) is 55.7 Å². The standard InChI is InChI=1S/C23H35N3O/c1-18-6-5-9-22(19(18)2)25-14-12-24(13-15-25)17-23(27)26-11-10-20-7-3-4-8-21(20)16-26/h5-6,9,20-21H,3-4,7-8,10-17H2,1-2H3/p+1/t20-,21+/m1/s1. The number of anilines is 1. The van der Waals surface area contributed by atoms with Crippen LogP contribution < -0.4 is 9.80 Å². The summed E-state index contributed by atoms with van der Waals surface area (Å²) in [6.07, 6.45) is 6.76. The molecule has 2 saturated heterocycles. The lowest BCUT2D eigenvalue weighted by atomic mass is 9.75. The first kappa shape index (κ1) is 18.8. The summed E-state index contributed by atoms with van der Waals surface area (Å²) in [7, 11) is 0. The Morgan fingerprint density at radius 1 is 1.04 bits per heavy atom. The number of aryl methyl sites for hydroxylation is 1. The van der Waals surface area contributed by atoms with Gasteiger partial charge < -0.3 is 14.7 Å². The predicted octanol–water partition coefficient (Wildman–Crippen LogP) is 2.05. The number of hydrogen-bond acceptors (Lipinski definition) is 2. The van der Waals surface area contributed by atoms with Gasteiger partial charge in [-0.25, -0.2) is 0 Å². The van der Waals surface area contributed by atoms with Crippen molar-refractivity contribution in [2.24, 2.45) is 11.8 Å². The minimum Gasteiger partial charge on any atom is -0.360 e. The number of piperazine rings is 1. The molecule has 2 heterocycles. The van der Waals surface area contributed by atoms with Crippen LogP contribution in [0.4, 0.5) is 5.69 Å². The molecule has 4 nitrogen and oxygen atoms in total. The van der Waals surface area contributed by atoms with E-state index in [4.69, 9.17) is 0 Å². The van der Waals surface area contributed by atoms with Crippen LogP contribution in [0.5, 0.6) is 0 Å². The van der Waals surface area contributed by atoms with Crippen molar-refractivity contribution in [2.75, 3.05) is 50.7 Å². The van der Waals surface area contributed by atoms with E-state index >= 15 is 0 Å². The summed E-state index contributed by atoms with van der Waals surface area (Å²) in [6, 6.07) is 6.59. The molecule has 0 spiro atoms. The lowest BCUT2D eigenvalue weighted by Crippen LogP contribution is -3.16. The number of rotatable bonds is 3. The maximum Gasteiger partial charge on any atom is 0.277 e. The molecule has 0 unspecified atom stereocenters. The van der Waals surface area contributed by atoms with Crippen molar-refractivity contribution in [3.05, 3.63) is 29.3 Å².